The van der Waals surface area contributed by atoms with E-state index in [1.807, 2.05) is 0 Å². The van der Waals surface area contributed by atoms with Crippen LogP contribution < -0.4 is 5.32 Å². The third kappa shape index (κ3) is 2.93. The molecule has 3 fully saturated rings. The minimum atomic E-state index is -1.21. The summed E-state index contributed by atoms with van der Waals surface area (Å²) in [4.78, 5) is 27.3. The molecule has 4 aliphatic carbocycles. The van der Waals surface area contributed by atoms with Crippen molar-refractivity contribution >= 4 is 12.3 Å². The standard InChI is InChI=1S/C32H43NO4/c1-5-6-13-33-17-27-22-9-7-8-10-23(22)28(37-27)31-16-24-20(4)11-12-25(24)30(18-34)15-21(31)14-26(19(2)3)32(30,31)29(35)36/h7-10,14,18-21,24-25,27-28,33H,5-6,11-13,15-17H2,1-4H3,(H,35,36)/t20-,21?,24-,25-,27?,28?,30?,31?,32?/m1/s1. The number of carbonyl (C=O) groups is 2. The number of ether oxygens (including phenoxy) is 1. The SMILES string of the molecule is CCCCNCC1OC(C23C[C@@H]4[C@H](C)CC[C@H]4C4(C=O)CC2C=C(C(C)C)C34C(=O)O)c2ccccc21. The second-order valence-electron chi connectivity index (χ2n) is 13.1. The molecule has 3 saturated carbocycles. The molecule has 9 atom stereocenters. The monoisotopic (exact) mass is 505 g/mol. The number of carbonyl (C=O) groups excluding carboxylic acids is 1. The molecule has 6 rings (SSSR count). The van der Waals surface area contributed by atoms with Gasteiger partial charge in [0.25, 0.3) is 0 Å². The zero-order valence-electron chi connectivity index (χ0n) is 22.8. The van der Waals surface area contributed by atoms with Crippen LogP contribution in [0.5, 0.6) is 0 Å². The van der Waals surface area contributed by atoms with E-state index in [1.165, 1.54) is 5.56 Å². The van der Waals surface area contributed by atoms with Crippen molar-refractivity contribution < 1.29 is 19.4 Å². The van der Waals surface area contributed by atoms with Gasteiger partial charge in [-0.3, -0.25) is 4.79 Å². The molecule has 1 aliphatic heterocycles. The average molecular weight is 506 g/mol. The summed E-state index contributed by atoms with van der Waals surface area (Å²) in [5.74, 6) is 0.300. The Balaban J connectivity index is 1.53. The molecule has 6 unspecified atom stereocenters. The maximum Gasteiger partial charge on any atom is 0.315 e. The van der Waals surface area contributed by atoms with Gasteiger partial charge in [0.05, 0.1) is 17.6 Å². The minimum absolute atomic E-state index is 0.0360. The fourth-order valence-electron chi connectivity index (χ4n) is 10.2. The number of carboxylic acids is 1. The largest absolute Gasteiger partial charge is 0.481 e. The second kappa shape index (κ2) is 8.77. The van der Waals surface area contributed by atoms with Gasteiger partial charge in [-0.15, -0.1) is 0 Å². The molecular formula is C32H43NO4. The first-order valence-electron chi connectivity index (χ1n) is 14.7. The first-order chi connectivity index (χ1) is 17.8. The quantitative estimate of drug-likeness (QED) is 0.240. The van der Waals surface area contributed by atoms with E-state index in [0.717, 1.165) is 62.6 Å². The highest BCUT2D eigenvalue weighted by Gasteiger charge is 2.86. The van der Waals surface area contributed by atoms with E-state index in [-0.39, 0.29) is 30.0 Å². The van der Waals surface area contributed by atoms with E-state index >= 15 is 0 Å². The lowest BCUT2D eigenvalue weighted by Gasteiger charge is -2.60. The predicted octanol–water partition coefficient (Wildman–Crippen LogP) is 6.11. The van der Waals surface area contributed by atoms with Crippen molar-refractivity contribution in [2.75, 3.05) is 13.1 Å². The van der Waals surface area contributed by atoms with Crippen LogP contribution in [0.2, 0.25) is 0 Å². The highest BCUT2D eigenvalue weighted by Crippen LogP contribution is 2.86. The minimum Gasteiger partial charge on any atom is -0.481 e. The van der Waals surface area contributed by atoms with Crippen molar-refractivity contribution in [3.05, 3.63) is 47.0 Å². The highest BCUT2D eigenvalue weighted by atomic mass is 16.5. The molecule has 0 amide bonds. The Morgan fingerprint density at radius 2 is 1.97 bits per heavy atom. The summed E-state index contributed by atoms with van der Waals surface area (Å²) in [5.41, 5.74) is 0.585. The molecule has 0 radical (unpaired) electrons. The smallest absolute Gasteiger partial charge is 0.315 e. The van der Waals surface area contributed by atoms with Crippen LogP contribution >= 0.6 is 0 Å². The topological polar surface area (TPSA) is 75.6 Å². The Kier molecular flexibility index (Phi) is 6.00. The van der Waals surface area contributed by atoms with Crippen molar-refractivity contribution in [2.45, 2.75) is 78.4 Å². The first-order valence-corrected chi connectivity index (χ1v) is 14.7. The number of allylic oxidation sites excluding steroid dienone is 1. The summed E-state index contributed by atoms with van der Waals surface area (Å²) in [6.45, 7) is 10.4. The van der Waals surface area contributed by atoms with Crippen molar-refractivity contribution in [1.82, 2.24) is 5.32 Å². The Morgan fingerprint density at radius 3 is 2.65 bits per heavy atom. The number of rotatable bonds is 9. The number of benzene rings is 1. The van der Waals surface area contributed by atoms with Crippen LogP contribution in [0, 0.1) is 45.8 Å². The molecule has 200 valence electrons. The van der Waals surface area contributed by atoms with Crippen LogP contribution in [0.3, 0.4) is 0 Å². The summed E-state index contributed by atoms with van der Waals surface area (Å²) >= 11 is 0. The number of hydrogen-bond acceptors (Lipinski definition) is 4. The highest BCUT2D eigenvalue weighted by molar-refractivity contribution is 5.90. The molecule has 0 spiro atoms. The van der Waals surface area contributed by atoms with Crippen LogP contribution in [0.15, 0.2) is 35.9 Å². The summed E-state index contributed by atoms with van der Waals surface area (Å²) < 4.78 is 7.05. The van der Waals surface area contributed by atoms with Crippen LogP contribution in [0.1, 0.15) is 89.6 Å². The average Bonchev–Trinajstić information content (AvgIpc) is 3.58. The van der Waals surface area contributed by atoms with Crippen molar-refractivity contribution in [3.63, 3.8) is 0 Å². The number of carboxylic acid groups (broad SMARTS) is 1. The van der Waals surface area contributed by atoms with Crippen LogP contribution in [-0.2, 0) is 14.3 Å². The van der Waals surface area contributed by atoms with Gasteiger partial charge in [-0.05, 0) is 72.9 Å². The number of aliphatic carboxylic acids is 1. The van der Waals surface area contributed by atoms with Crippen molar-refractivity contribution in [3.8, 4) is 0 Å². The Bertz CT molecular complexity index is 1130. The number of unbranched alkanes of at least 4 members (excludes halogenated alkanes) is 1. The Hall–Kier alpha value is -1.98. The zero-order valence-corrected chi connectivity index (χ0v) is 22.8. The normalized spacial score (nSPS) is 43.1. The van der Waals surface area contributed by atoms with Gasteiger partial charge < -0.3 is 20.0 Å². The van der Waals surface area contributed by atoms with Gasteiger partial charge in [0.1, 0.15) is 11.7 Å². The predicted molar refractivity (Wildman–Crippen MR) is 143 cm³/mol. The molecular weight excluding hydrogens is 462 g/mol. The number of aldehydes is 1. The number of fused-ring (bicyclic) bond motifs is 3. The van der Waals surface area contributed by atoms with Crippen molar-refractivity contribution in [2.24, 2.45) is 45.8 Å². The van der Waals surface area contributed by atoms with E-state index in [9.17, 15) is 14.7 Å². The van der Waals surface area contributed by atoms with E-state index < -0.39 is 22.2 Å². The molecule has 2 N–H and O–H groups in total. The van der Waals surface area contributed by atoms with E-state index in [4.69, 9.17) is 4.74 Å². The molecule has 5 nitrogen and oxygen atoms in total. The Morgan fingerprint density at radius 1 is 1.22 bits per heavy atom. The van der Waals surface area contributed by atoms with Gasteiger partial charge in [-0.25, -0.2) is 0 Å². The molecule has 1 aromatic rings. The van der Waals surface area contributed by atoms with E-state index in [2.05, 4.69) is 63.4 Å². The molecule has 5 heteroatoms. The van der Waals surface area contributed by atoms with Gasteiger partial charge in [0, 0.05) is 12.0 Å². The van der Waals surface area contributed by atoms with Gasteiger partial charge in [-0.2, -0.15) is 0 Å². The van der Waals surface area contributed by atoms with Gasteiger partial charge in [-0.1, -0.05) is 76.5 Å². The lowest BCUT2D eigenvalue weighted by Crippen LogP contribution is -2.63. The summed E-state index contributed by atoms with van der Waals surface area (Å²) in [6, 6.07) is 8.46. The summed E-state index contributed by atoms with van der Waals surface area (Å²) in [7, 11) is 0. The molecule has 5 aliphatic rings. The lowest BCUT2D eigenvalue weighted by atomic mass is 9.41. The molecule has 0 aromatic heterocycles. The van der Waals surface area contributed by atoms with Gasteiger partial charge in [0.2, 0.25) is 0 Å². The number of nitrogens with one attached hydrogen (secondary N) is 1. The zero-order chi connectivity index (χ0) is 26.2. The fraction of sp³-hybridized carbons (Fsp3) is 0.688. The third-order valence-corrected chi connectivity index (χ3v) is 11.4. The van der Waals surface area contributed by atoms with Gasteiger partial charge in [0.15, 0.2) is 0 Å². The molecule has 1 aromatic carbocycles. The van der Waals surface area contributed by atoms with Gasteiger partial charge >= 0.3 is 5.97 Å². The Labute approximate surface area is 221 Å². The van der Waals surface area contributed by atoms with Crippen LogP contribution in [-0.4, -0.2) is 30.5 Å². The summed E-state index contributed by atoms with van der Waals surface area (Å²) in [6.07, 6.45) is 8.74. The maximum atomic E-state index is 13.9. The maximum absolute atomic E-state index is 13.9. The van der Waals surface area contributed by atoms with Crippen LogP contribution in [0.25, 0.3) is 0 Å². The second-order valence-corrected chi connectivity index (χ2v) is 13.1. The van der Waals surface area contributed by atoms with Crippen LogP contribution in [0.4, 0.5) is 0 Å². The molecule has 0 saturated heterocycles. The van der Waals surface area contributed by atoms with E-state index in [0.29, 0.717) is 18.3 Å². The van der Waals surface area contributed by atoms with E-state index in [1.54, 1.807) is 0 Å². The summed E-state index contributed by atoms with van der Waals surface area (Å²) in [5, 5.41) is 15.0. The lowest BCUT2D eigenvalue weighted by molar-refractivity contribution is -0.202. The first kappa shape index (κ1) is 25.3. The molecule has 4 bridgehead atoms. The molecule has 37 heavy (non-hydrogen) atoms. The third-order valence-electron chi connectivity index (χ3n) is 11.4. The van der Waals surface area contributed by atoms with Crippen molar-refractivity contribution in [1.29, 1.82) is 0 Å². The number of hydrogen-bond donors (Lipinski definition) is 2. The fourth-order valence-corrected chi connectivity index (χ4v) is 10.2. The molecule has 1 heterocycles.